The standard InChI is InChI=1S/C32H37ClN10O5/c1-32(2,3)48-30(45)23-8-6-5-7-22(38-26(44)14-9-18-15-19(33)10-13-25(18)43-17-35-41-42-43)29-39-27(28(34)40-29)21-12-11-20(16-24(21)37-23)36-31(46)47-4/h9-17,22-23,37H,5-8,34H2,1-4H3,(H,36,46)(H,38,44)(H,39,40)/b14-9+/t22-,23+/m0/s1. The van der Waals surface area contributed by atoms with Crippen molar-refractivity contribution in [1.82, 2.24) is 35.5 Å². The fraction of sp³-hybridized carbons (Fsp3) is 0.344. The van der Waals surface area contributed by atoms with Gasteiger partial charge in [-0.15, -0.1) is 5.10 Å². The van der Waals surface area contributed by atoms with Crippen LogP contribution >= 0.6 is 11.6 Å². The molecule has 0 spiro atoms. The molecular formula is C32H37ClN10O5. The quantitative estimate of drug-likeness (QED) is 0.135. The molecule has 4 aromatic rings. The number of tetrazole rings is 1. The van der Waals surface area contributed by atoms with E-state index in [-0.39, 0.29) is 11.7 Å². The number of halogens is 1. The summed E-state index contributed by atoms with van der Waals surface area (Å²) in [6.45, 7) is 5.42. The molecule has 0 fully saturated rings. The number of methoxy groups -OCH3 is 1. The molecule has 15 nitrogen and oxygen atoms in total. The van der Waals surface area contributed by atoms with E-state index in [0.717, 1.165) is 0 Å². The van der Waals surface area contributed by atoms with Crippen LogP contribution in [0.5, 0.6) is 0 Å². The van der Waals surface area contributed by atoms with E-state index < -0.39 is 29.7 Å². The predicted molar refractivity (Wildman–Crippen MR) is 180 cm³/mol. The normalized spacial score (nSPS) is 16.5. The van der Waals surface area contributed by atoms with Gasteiger partial charge in [-0.05, 0) is 86.5 Å². The van der Waals surface area contributed by atoms with Crippen LogP contribution in [-0.4, -0.2) is 66.9 Å². The number of nitrogens with one attached hydrogen (secondary N) is 4. The molecule has 5 rings (SSSR count). The summed E-state index contributed by atoms with van der Waals surface area (Å²) in [5, 5.41) is 20.8. The predicted octanol–water partition coefficient (Wildman–Crippen LogP) is 5.03. The monoisotopic (exact) mass is 676 g/mol. The Morgan fingerprint density at radius 2 is 1.92 bits per heavy atom. The van der Waals surface area contributed by atoms with Crippen molar-refractivity contribution in [3.63, 3.8) is 0 Å². The Hall–Kier alpha value is -5.44. The van der Waals surface area contributed by atoms with E-state index in [0.29, 0.717) is 70.4 Å². The lowest BCUT2D eigenvalue weighted by atomic mass is 10.0. The van der Waals surface area contributed by atoms with Crippen molar-refractivity contribution in [3.05, 3.63) is 65.2 Å². The van der Waals surface area contributed by atoms with Gasteiger partial charge in [-0.25, -0.2) is 14.6 Å². The number of imidazole rings is 1. The first-order valence-electron chi connectivity index (χ1n) is 15.3. The van der Waals surface area contributed by atoms with Crippen molar-refractivity contribution >= 4 is 52.8 Å². The van der Waals surface area contributed by atoms with E-state index in [1.165, 1.54) is 24.2 Å². The second-order valence-electron chi connectivity index (χ2n) is 12.1. The molecule has 2 atom stereocenters. The highest BCUT2D eigenvalue weighted by Crippen LogP contribution is 2.36. The Kier molecular flexibility index (Phi) is 10.3. The third-order valence-corrected chi connectivity index (χ3v) is 7.61. The molecule has 0 aliphatic carbocycles. The van der Waals surface area contributed by atoms with Crippen LogP contribution in [0.2, 0.25) is 5.02 Å². The fourth-order valence-electron chi connectivity index (χ4n) is 5.21. The smallest absolute Gasteiger partial charge is 0.411 e. The molecule has 2 aromatic heterocycles. The van der Waals surface area contributed by atoms with Crippen LogP contribution in [-0.2, 0) is 19.1 Å². The van der Waals surface area contributed by atoms with E-state index in [4.69, 9.17) is 26.8 Å². The Balaban J connectivity index is 1.46. The lowest BCUT2D eigenvalue weighted by molar-refractivity contribution is -0.156. The molecular weight excluding hydrogens is 640 g/mol. The lowest BCUT2D eigenvalue weighted by Crippen LogP contribution is -2.37. The van der Waals surface area contributed by atoms with E-state index >= 15 is 0 Å². The number of amides is 2. The molecule has 0 unspecified atom stereocenters. The Morgan fingerprint density at radius 1 is 1.12 bits per heavy atom. The number of carbonyl (C=O) groups excluding carboxylic acids is 3. The molecule has 16 heteroatoms. The maximum Gasteiger partial charge on any atom is 0.411 e. The second kappa shape index (κ2) is 14.5. The fourth-order valence-corrected chi connectivity index (χ4v) is 5.39. The summed E-state index contributed by atoms with van der Waals surface area (Å²) in [5.41, 5.74) is 9.01. The zero-order chi connectivity index (χ0) is 34.4. The molecule has 6 N–H and O–H groups in total. The van der Waals surface area contributed by atoms with Crippen LogP contribution in [0.4, 0.5) is 22.0 Å². The van der Waals surface area contributed by atoms with Gasteiger partial charge in [-0.3, -0.25) is 10.1 Å². The van der Waals surface area contributed by atoms with Gasteiger partial charge in [0.05, 0.1) is 24.5 Å². The van der Waals surface area contributed by atoms with Gasteiger partial charge < -0.3 is 30.8 Å². The van der Waals surface area contributed by atoms with Crippen LogP contribution in [0, 0.1) is 0 Å². The van der Waals surface area contributed by atoms with Crippen LogP contribution in [0.25, 0.3) is 23.0 Å². The number of nitrogen functional groups attached to an aromatic ring is 1. The van der Waals surface area contributed by atoms with Gasteiger partial charge in [0, 0.05) is 33.6 Å². The molecule has 252 valence electrons. The first kappa shape index (κ1) is 33.9. The number of carbonyl (C=O) groups is 3. The maximum atomic E-state index is 13.4. The number of hydrogen-bond donors (Lipinski definition) is 5. The van der Waals surface area contributed by atoms with Crippen molar-refractivity contribution in [2.24, 2.45) is 0 Å². The number of hydrogen-bond acceptors (Lipinski definition) is 11. The third kappa shape index (κ3) is 8.47. The van der Waals surface area contributed by atoms with Gasteiger partial charge in [0.25, 0.3) is 0 Å². The number of benzene rings is 2. The van der Waals surface area contributed by atoms with Crippen LogP contribution < -0.4 is 21.7 Å². The van der Waals surface area contributed by atoms with Crippen molar-refractivity contribution < 1.29 is 23.9 Å². The average Bonchev–Trinajstić information content (AvgIpc) is 3.70. The summed E-state index contributed by atoms with van der Waals surface area (Å²) in [7, 11) is 1.27. The van der Waals surface area contributed by atoms with Crippen LogP contribution in [0.15, 0.2) is 48.8 Å². The number of rotatable bonds is 6. The SMILES string of the molecule is COC(=O)Nc1ccc2c(c1)N[C@@H](C(=O)OC(C)(C)C)CCCC[C@H](NC(=O)/C=C/c1cc(Cl)ccc1-n1cnnn1)c1nc(N)c-2[nH]1. The average molecular weight is 677 g/mol. The number of esters is 1. The number of nitrogens with two attached hydrogens (primary N) is 1. The van der Waals surface area contributed by atoms with E-state index in [1.54, 1.807) is 63.2 Å². The van der Waals surface area contributed by atoms with Crippen molar-refractivity contribution in [3.8, 4) is 16.9 Å². The third-order valence-electron chi connectivity index (χ3n) is 7.37. The maximum absolute atomic E-state index is 13.4. The van der Waals surface area contributed by atoms with Crippen molar-refractivity contribution in [2.75, 3.05) is 23.5 Å². The molecule has 1 aliphatic rings. The first-order valence-corrected chi connectivity index (χ1v) is 15.6. The van der Waals surface area contributed by atoms with Crippen molar-refractivity contribution in [2.45, 2.75) is 64.1 Å². The first-order chi connectivity index (χ1) is 22.9. The largest absolute Gasteiger partial charge is 0.458 e. The van der Waals surface area contributed by atoms with Crippen molar-refractivity contribution in [1.29, 1.82) is 0 Å². The molecule has 0 saturated carbocycles. The lowest BCUT2D eigenvalue weighted by Gasteiger charge is -2.26. The highest BCUT2D eigenvalue weighted by molar-refractivity contribution is 6.30. The zero-order valence-corrected chi connectivity index (χ0v) is 27.7. The van der Waals surface area contributed by atoms with Gasteiger partial charge in [0.2, 0.25) is 5.91 Å². The molecule has 2 aromatic carbocycles. The van der Waals surface area contributed by atoms with E-state index in [9.17, 15) is 14.4 Å². The molecule has 2 bridgehead atoms. The van der Waals surface area contributed by atoms with E-state index in [1.807, 2.05) is 0 Å². The van der Waals surface area contributed by atoms with Crippen LogP contribution in [0.1, 0.15) is 63.9 Å². The highest BCUT2D eigenvalue weighted by atomic mass is 35.5. The van der Waals surface area contributed by atoms with Gasteiger partial charge in [0.15, 0.2) is 0 Å². The minimum absolute atomic E-state index is 0.189. The molecule has 3 heterocycles. The van der Waals surface area contributed by atoms with Gasteiger partial charge in [-0.2, -0.15) is 4.68 Å². The summed E-state index contributed by atoms with van der Waals surface area (Å²) in [6.07, 6.45) is 6.03. The Bertz CT molecular complexity index is 1820. The van der Waals surface area contributed by atoms with E-state index in [2.05, 4.69) is 41.4 Å². The van der Waals surface area contributed by atoms with Crippen LogP contribution in [0.3, 0.4) is 0 Å². The number of anilines is 3. The second-order valence-corrected chi connectivity index (χ2v) is 12.6. The summed E-state index contributed by atoms with van der Waals surface area (Å²) >= 11 is 6.23. The highest BCUT2D eigenvalue weighted by Gasteiger charge is 2.28. The number of fused-ring (bicyclic) bond motifs is 4. The summed E-state index contributed by atoms with van der Waals surface area (Å²) in [6, 6.07) is 9.00. The zero-order valence-electron chi connectivity index (χ0n) is 26.9. The Labute approximate surface area is 281 Å². The summed E-state index contributed by atoms with van der Waals surface area (Å²) in [4.78, 5) is 46.5. The molecule has 0 radical (unpaired) electrons. The Morgan fingerprint density at radius 3 is 2.65 bits per heavy atom. The summed E-state index contributed by atoms with van der Waals surface area (Å²) < 4.78 is 12.0. The molecule has 1 aliphatic heterocycles. The number of aromatic nitrogens is 6. The number of H-pyrrole nitrogens is 1. The van der Waals surface area contributed by atoms with Gasteiger partial charge >= 0.3 is 12.1 Å². The number of ether oxygens (including phenoxy) is 2. The minimum atomic E-state index is -0.720. The summed E-state index contributed by atoms with van der Waals surface area (Å²) in [5.74, 6) is -0.145. The van der Waals surface area contributed by atoms with Gasteiger partial charge in [-0.1, -0.05) is 24.4 Å². The van der Waals surface area contributed by atoms with Gasteiger partial charge in [0.1, 0.15) is 29.6 Å². The number of nitrogens with zero attached hydrogens (tertiary/aromatic N) is 5. The molecule has 2 amide bonds. The molecule has 48 heavy (non-hydrogen) atoms. The topological polar surface area (TPSA) is 204 Å². The minimum Gasteiger partial charge on any atom is -0.458 e. The molecule has 0 saturated heterocycles. The number of aromatic amines is 1.